The number of ether oxygens (including phenoxy) is 2. The zero-order valence-electron chi connectivity index (χ0n) is 17.9. The van der Waals surface area contributed by atoms with Gasteiger partial charge in [0.2, 0.25) is 0 Å². The average Bonchev–Trinajstić information content (AvgIpc) is 3.42. The van der Waals surface area contributed by atoms with Crippen LogP contribution in [0.2, 0.25) is 0 Å². The molecule has 0 aromatic carbocycles. The Bertz CT molecular complexity index is 1180. The number of nitrogen functional groups attached to an aromatic ring is 1. The summed E-state index contributed by atoms with van der Waals surface area (Å²) in [6.07, 6.45) is -10.1. The van der Waals surface area contributed by atoms with E-state index in [2.05, 4.69) is 28.3 Å². The van der Waals surface area contributed by atoms with Crippen molar-refractivity contribution in [3.05, 3.63) is 12.7 Å². The Morgan fingerprint density at radius 2 is 1.47 bits per heavy atom. The smallest absolute Gasteiger partial charge is 0.387 e. The second-order valence-corrected chi connectivity index (χ2v) is 10.8. The van der Waals surface area contributed by atoms with Crippen LogP contribution >= 0.6 is 15.6 Å². The van der Waals surface area contributed by atoms with Crippen molar-refractivity contribution in [2.75, 3.05) is 18.9 Å². The fraction of sp³-hybridized carbons (Fsp3) is 0.667. The van der Waals surface area contributed by atoms with Crippen LogP contribution < -0.4 is 5.73 Å². The topological polar surface area (TPSA) is 292 Å². The molecule has 202 valence electrons. The summed E-state index contributed by atoms with van der Waals surface area (Å²) in [5.41, 5.74) is 6.09. The second-order valence-electron chi connectivity index (χ2n) is 7.79. The van der Waals surface area contributed by atoms with E-state index in [0.717, 1.165) is 6.33 Å². The number of fused-ring (bicyclic) bond motifs is 1. The lowest BCUT2D eigenvalue weighted by Crippen LogP contribution is -2.34. The lowest BCUT2D eigenvalue weighted by Gasteiger charge is -2.20. The van der Waals surface area contributed by atoms with Gasteiger partial charge in [0, 0.05) is 0 Å². The van der Waals surface area contributed by atoms with Gasteiger partial charge in [-0.3, -0.25) is 13.6 Å². The van der Waals surface area contributed by atoms with Gasteiger partial charge in [0.25, 0.3) is 0 Å². The number of imidazole rings is 1. The van der Waals surface area contributed by atoms with E-state index in [1.54, 1.807) is 0 Å². The number of hydrogen-bond donors (Lipinski definition) is 8. The Hall–Kier alpha value is -1.67. The van der Waals surface area contributed by atoms with Crippen molar-refractivity contribution in [1.29, 1.82) is 0 Å². The van der Waals surface area contributed by atoms with Crippen molar-refractivity contribution in [3.63, 3.8) is 0 Å². The minimum atomic E-state index is -5.31. The lowest BCUT2D eigenvalue weighted by atomic mass is 10.1. The fourth-order valence-corrected chi connectivity index (χ4v) is 5.62. The minimum absolute atomic E-state index is 0.0575. The maximum atomic E-state index is 12.2. The third-order valence-electron chi connectivity index (χ3n) is 5.35. The predicted molar refractivity (Wildman–Crippen MR) is 111 cm³/mol. The number of rotatable bonds is 9. The second kappa shape index (κ2) is 10.2. The first kappa shape index (κ1) is 27.4. The van der Waals surface area contributed by atoms with Gasteiger partial charge < -0.3 is 50.5 Å². The molecular formula is C15H23N5O14P2. The molecule has 36 heavy (non-hydrogen) atoms. The van der Waals surface area contributed by atoms with Crippen molar-refractivity contribution < 1.29 is 67.3 Å². The van der Waals surface area contributed by atoms with E-state index in [9.17, 15) is 44.4 Å². The number of phosphoric ester groups is 2. The molecule has 0 aliphatic carbocycles. The van der Waals surface area contributed by atoms with Crippen LogP contribution in [0.5, 0.6) is 0 Å². The minimum Gasteiger partial charge on any atom is -0.387 e. The van der Waals surface area contributed by atoms with Gasteiger partial charge in [0.15, 0.2) is 24.0 Å². The van der Waals surface area contributed by atoms with Gasteiger partial charge in [0.05, 0.1) is 19.5 Å². The number of hydrogen-bond acceptors (Lipinski definition) is 16. The normalized spacial score (nSPS) is 36.2. The van der Waals surface area contributed by atoms with Crippen LogP contribution in [0.25, 0.3) is 11.2 Å². The van der Waals surface area contributed by atoms with Crippen LogP contribution in [0.4, 0.5) is 5.82 Å². The first-order valence-corrected chi connectivity index (χ1v) is 13.1. The van der Waals surface area contributed by atoms with E-state index >= 15 is 0 Å². The van der Waals surface area contributed by atoms with Crippen molar-refractivity contribution in [2.24, 2.45) is 0 Å². The predicted octanol–water partition coefficient (Wildman–Crippen LogP) is -3.28. The summed E-state index contributed by atoms with van der Waals surface area (Å²) >= 11 is 0. The first-order valence-electron chi connectivity index (χ1n) is 10.1. The zero-order chi connectivity index (χ0) is 26.4. The van der Waals surface area contributed by atoms with Crippen molar-refractivity contribution >= 4 is 32.6 Å². The van der Waals surface area contributed by atoms with Gasteiger partial charge in [0.1, 0.15) is 48.5 Å². The number of anilines is 1. The van der Waals surface area contributed by atoms with Gasteiger partial charge in [-0.1, -0.05) is 0 Å². The highest BCUT2D eigenvalue weighted by Crippen LogP contribution is 2.60. The number of aliphatic hydroxyl groups is 5. The van der Waals surface area contributed by atoms with E-state index in [0.29, 0.717) is 0 Å². The summed E-state index contributed by atoms with van der Waals surface area (Å²) in [5, 5.41) is 49.0. The molecule has 0 bridgehead atoms. The highest BCUT2D eigenvalue weighted by Gasteiger charge is 2.47. The number of nitrogens with two attached hydrogens (primary N) is 1. The molecular weight excluding hydrogens is 536 g/mol. The highest BCUT2D eigenvalue weighted by atomic mass is 31.3. The third-order valence-corrected chi connectivity index (χ3v) is 7.95. The van der Waals surface area contributed by atoms with Crippen LogP contribution in [-0.4, -0.2) is 111 Å². The molecule has 0 spiro atoms. The highest BCUT2D eigenvalue weighted by molar-refractivity contribution is 7.61. The molecule has 2 aromatic rings. The van der Waals surface area contributed by atoms with Crippen LogP contribution in [0, 0.1) is 0 Å². The maximum absolute atomic E-state index is 12.2. The van der Waals surface area contributed by atoms with Gasteiger partial charge in [-0.05, 0) is 0 Å². The Morgan fingerprint density at radius 3 is 2.06 bits per heavy atom. The summed E-state index contributed by atoms with van der Waals surface area (Å²) in [4.78, 5) is 31.3. The van der Waals surface area contributed by atoms with E-state index in [-0.39, 0.29) is 17.0 Å². The van der Waals surface area contributed by atoms with E-state index in [4.69, 9.17) is 15.2 Å². The van der Waals surface area contributed by atoms with Crippen molar-refractivity contribution in [2.45, 2.75) is 49.1 Å². The first-order chi connectivity index (χ1) is 16.8. The van der Waals surface area contributed by atoms with Gasteiger partial charge in [-0.15, -0.1) is 0 Å². The maximum Gasteiger partial charge on any atom is 0.481 e. The molecule has 4 rings (SSSR count). The standard InChI is InChI=1S/C15H23N5O14P2/c16-12-7-13(18-3-17-12)20(4-19-7)14-10(23)8(21)5(32-14)1-30-35(26,27)34-36(28,29)31-2-6-9(22)11(24)15(25)33-6/h3-6,8-11,14-15,21-25H,1-2H2,(H,26,27)(H,28,29)(H2,16,17,18)/t5-,6+,8-,9-,10-,11+,14-,15+/m1/s1. The third kappa shape index (κ3) is 5.59. The van der Waals surface area contributed by atoms with Crippen LogP contribution in [0.1, 0.15) is 6.23 Å². The van der Waals surface area contributed by atoms with E-state index in [1.807, 2.05) is 0 Å². The lowest BCUT2D eigenvalue weighted by molar-refractivity contribution is -0.132. The summed E-state index contributed by atoms with van der Waals surface area (Å²) in [6.45, 7) is -1.79. The molecule has 10 atom stereocenters. The number of nitrogens with zero attached hydrogens (tertiary/aromatic N) is 4. The quantitative estimate of drug-likeness (QED) is 0.140. The van der Waals surface area contributed by atoms with E-state index < -0.39 is 78.0 Å². The van der Waals surface area contributed by atoms with Crippen molar-refractivity contribution in [3.8, 4) is 0 Å². The number of aliphatic hydroxyl groups excluding tert-OH is 5. The summed E-state index contributed by atoms with van der Waals surface area (Å²) in [6, 6.07) is 0. The van der Waals surface area contributed by atoms with Crippen LogP contribution in [0.15, 0.2) is 12.7 Å². The molecule has 19 nitrogen and oxygen atoms in total. The molecule has 0 saturated carbocycles. The van der Waals surface area contributed by atoms with E-state index in [1.165, 1.54) is 10.9 Å². The number of aromatic nitrogens is 4. The van der Waals surface area contributed by atoms with Crippen LogP contribution in [0.3, 0.4) is 0 Å². The Labute approximate surface area is 200 Å². The average molecular weight is 559 g/mol. The largest absolute Gasteiger partial charge is 0.481 e. The Balaban J connectivity index is 1.34. The molecule has 2 aliphatic rings. The fourth-order valence-electron chi connectivity index (χ4n) is 3.53. The van der Waals surface area contributed by atoms with Gasteiger partial charge in [-0.25, -0.2) is 24.1 Å². The molecule has 21 heteroatoms. The molecule has 2 aliphatic heterocycles. The monoisotopic (exact) mass is 559 g/mol. The Kier molecular flexibility index (Phi) is 7.78. The summed E-state index contributed by atoms with van der Waals surface area (Å²) < 4.78 is 48.8. The molecule has 2 saturated heterocycles. The number of phosphoric acid groups is 2. The zero-order valence-corrected chi connectivity index (χ0v) is 19.7. The summed E-state index contributed by atoms with van der Waals surface area (Å²) in [7, 11) is -10.6. The molecule has 2 aromatic heterocycles. The molecule has 9 N–H and O–H groups in total. The molecule has 0 amide bonds. The summed E-state index contributed by atoms with van der Waals surface area (Å²) in [5.74, 6) is 0.0575. The molecule has 2 fully saturated rings. The van der Waals surface area contributed by atoms with Gasteiger partial charge >= 0.3 is 15.6 Å². The molecule has 4 heterocycles. The van der Waals surface area contributed by atoms with Crippen LogP contribution in [-0.2, 0) is 32.0 Å². The molecule has 0 radical (unpaired) electrons. The van der Waals surface area contributed by atoms with Gasteiger partial charge in [-0.2, -0.15) is 4.31 Å². The Morgan fingerprint density at radius 1 is 0.889 bits per heavy atom. The SMILES string of the molecule is Nc1ncnc2c1ncn2[C@@H]1O[C@H](COP(=O)(O)OP(=O)(O)OC[C@@H]2O[C@H](O)[C@@H](O)[C@@H]2O)[C@@H](O)[C@H]1O. The van der Waals surface area contributed by atoms with Crippen molar-refractivity contribution in [1.82, 2.24) is 19.5 Å². The molecule has 2 unspecified atom stereocenters.